The van der Waals surface area contributed by atoms with Crippen molar-refractivity contribution in [2.24, 2.45) is 4.99 Å². The van der Waals surface area contributed by atoms with Crippen molar-refractivity contribution in [1.82, 2.24) is 4.90 Å². The number of hydrogen-bond acceptors (Lipinski definition) is 3. The monoisotopic (exact) mass is 134 g/mol. The van der Waals surface area contributed by atoms with Crippen LogP contribution in [-0.2, 0) is 4.74 Å². The molecule has 0 aromatic rings. The Balaban J connectivity index is 2.35. The summed E-state index contributed by atoms with van der Waals surface area (Å²) in [5.74, 6) is 0. The normalized spacial score (nSPS) is 20.0. The van der Waals surface area contributed by atoms with Crippen molar-refractivity contribution in [3.8, 4) is 0 Å². The molecule has 0 spiro atoms. The van der Waals surface area contributed by atoms with E-state index >= 15 is 0 Å². The summed E-state index contributed by atoms with van der Waals surface area (Å²) < 4.78 is 5.03. The molecule has 3 heteroatoms. The van der Waals surface area contributed by atoms with E-state index in [1.54, 1.807) is 17.4 Å². The summed E-state index contributed by atoms with van der Waals surface area (Å²) in [4.78, 5) is 5.81. The number of fused-ring (bicyclic) bond motifs is 1. The Morgan fingerprint density at radius 2 is 2.30 bits per heavy atom. The summed E-state index contributed by atoms with van der Waals surface area (Å²) in [6.45, 7) is 0. The number of aliphatic imine (C=N–C) groups is 1. The van der Waals surface area contributed by atoms with E-state index in [0.29, 0.717) is 6.02 Å². The number of hydrogen-bond donors (Lipinski definition) is 0. The standard InChI is InChI=1S/C7H6N2O/c1-2-4-9-5-6-10-7(9)8-3-1/h1-6H. The lowest BCUT2D eigenvalue weighted by Gasteiger charge is -2.05. The lowest BCUT2D eigenvalue weighted by atomic mass is 10.6. The highest BCUT2D eigenvalue weighted by Crippen LogP contribution is 2.08. The van der Waals surface area contributed by atoms with E-state index in [-0.39, 0.29) is 0 Å². The van der Waals surface area contributed by atoms with E-state index in [2.05, 4.69) is 4.99 Å². The Bertz CT molecular complexity index is 250. The van der Waals surface area contributed by atoms with Gasteiger partial charge in [0.1, 0.15) is 6.26 Å². The number of allylic oxidation sites excluding steroid dienone is 2. The van der Waals surface area contributed by atoms with Gasteiger partial charge in [-0.2, -0.15) is 0 Å². The van der Waals surface area contributed by atoms with Gasteiger partial charge in [-0.25, -0.2) is 4.99 Å². The quantitative estimate of drug-likeness (QED) is 0.497. The molecule has 0 unspecified atom stereocenters. The number of nitrogens with zero attached hydrogens (tertiary/aromatic N) is 2. The van der Waals surface area contributed by atoms with E-state index in [0.717, 1.165) is 0 Å². The van der Waals surface area contributed by atoms with Crippen LogP contribution >= 0.6 is 0 Å². The highest BCUT2D eigenvalue weighted by Gasteiger charge is 2.11. The number of rotatable bonds is 0. The summed E-state index contributed by atoms with van der Waals surface area (Å²) >= 11 is 0. The third kappa shape index (κ3) is 0.719. The lowest BCUT2D eigenvalue weighted by Crippen LogP contribution is -2.14. The van der Waals surface area contributed by atoms with Gasteiger partial charge >= 0.3 is 6.02 Å². The first-order chi connectivity index (χ1) is 4.97. The molecule has 2 heterocycles. The van der Waals surface area contributed by atoms with Gasteiger partial charge in [-0.15, -0.1) is 0 Å². The number of ether oxygens (including phenoxy) is 1. The Labute approximate surface area is 58.6 Å². The van der Waals surface area contributed by atoms with Crippen molar-refractivity contribution in [3.63, 3.8) is 0 Å². The third-order valence-electron chi connectivity index (χ3n) is 1.24. The maximum Gasteiger partial charge on any atom is 0.305 e. The van der Waals surface area contributed by atoms with Gasteiger partial charge in [0, 0.05) is 18.6 Å². The molecule has 50 valence electrons. The van der Waals surface area contributed by atoms with Crippen LogP contribution in [0, 0.1) is 0 Å². The average Bonchev–Trinajstić information content (AvgIpc) is 2.28. The lowest BCUT2D eigenvalue weighted by molar-refractivity contribution is 0.453. The third-order valence-corrected chi connectivity index (χ3v) is 1.24. The van der Waals surface area contributed by atoms with Gasteiger partial charge in [-0.3, -0.25) is 4.90 Å². The molecule has 0 saturated heterocycles. The van der Waals surface area contributed by atoms with E-state index in [1.807, 2.05) is 24.6 Å². The second kappa shape index (κ2) is 2.02. The van der Waals surface area contributed by atoms with Crippen molar-refractivity contribution in [3.05, 3.63) is 37.0 Å². The van der Waals surface area contributed by atoms with Crippen LogP contribution in [-0.4, -0.2) is 10.9 Å². The first kappa shape index (κ1) is 5.29. The maximum atomic E-state index is 5.03. The molecule has 2 aliphatic rings. The van der Waals surface area contributed by atoms with Crippen LogP contribution in [0.3, 0.4) is 0 Å². The van der Waals surface area contributed by atoms with Crippen molar-refractivity contribution >= 4 is 6.02 Å². The molecule has 0 atom stereocenters. The van der Waals surface area contributed by atoms with Gasteiger partial charge in [0.05, 0.1) is 0 Å². The first-order valence-electron chi connectivity index (χ1n) is 2.99. The zero-order valence-electron chi connectivity index (χ0n) is 5.27. The first-order valence-corrected chi connectivity index (χ1v) is 2.99. The molecule has 0 N–H and O–H groups in total. The van der Waals surface area contributed by atoms with Gasteiger partial charge in [0.25, 0.3) is 0 Å². The fourth-order valence-electron chi connectivity index (χ4n) is 0.791. The summed E-state index contributed by atoms with van der Waals surface area (Å²) in [7, 11) is 0. The molecule has 2 rings (SSSR count). The molecule has 10 heavy (non-hydrogen) atoms. The summed E-state index contributed by atoms with van der Waals surface area (Å²) in [5, 5.41) is 0. The van der Waals surface area contributed by atoms with Crippen LogP contribution < -0.4 is 0 Å². The van der Waals surface area contributed by atoms with Crippen molar-refractivity contribution in [2.45, 2.75) is 0 Å². The highest BCUT2D eigenvalue weighted by atomic mass is 16.5. The molecular formula is C7H6N2O. The maximum absolute atomic E-state index is 5.03. The average molecular weight is 134 g/mol. The molecule has 0 fully saturated rings. The predicted octanol–water partition coefficient (Wildman–Crippen LogP) is 1.19. The van der Waals surface area contributed by atoms with Crippen molar-refractivity contribution in [1.29, 1.82) is 0 Å². The van der Waals surface area contributed by atoms with Gasteiger partial charge in [0.15, 0.2) is 0 Å². The minimum Gasteiger partial charge on any atom is -0.432 e. The molecule has 0 bridgehead atoms. The molecule has 0 saturated carbocycles. The predicted molar refractivity (Wildman–Crippen MR) is 37.8 cm³/mol. The molecule has 2 aliphatic heterocycles. The Kier molecular flexibility index (Phi) is 1.07. The van der Waals surface area contributed by atoms with Crippen LogP contribution in [0.4, 0.5) is 0 Å². The fraction of sp³-hybridized carbons (Fsp3) is 0. The highest BCUT2D eigenvalue weighted by molar-refractivity contribution is 5.79. The summed E-state index contributed by atoms with van der Waals surface area (Å²) in [6.07, 6.45) is 10.7. The minimum atomic E-state index is 0.602. The van der Waals surface area contributed by atoms with Gasteiger partial charge in [-0.1, -0.05) is 0 Å². The topological polar surface area (TPSA) is 24.8 Å². The van der Waals surface area contributed by atoms with Crippen molar-refractivity contribution in [2.75, 3.05) is 0 Å². The van der Waals surface area contributed by atoms with Crippen LogP contribution in [0.15, 0.2) is 42.0 Å². The zero-order chi connectivity index (χ0) is 6.81. The van der Waals surface area contributed by atoms with Gasteiger partial charge in [0.2, 0.25) is 0 Å². The van der Waals surface area contributed by atoms with Crippen LogP contribution in [0.5, 0.6) is 0 Å². The SMILES string of the molecule is C1=CN=C2OC=CN2C=C1. The smallest absolute Gasteiger partial charge is 0.305 e. The molecule has 3 nitrogen and oxygen atoms in total. The largest absolute Gasteiger partial charge is 0.432 e. The molecular weight excluding hydrogens is 128 g/mol. The second-order valence-electron chi connectivity index (χ2n) is 1.90. The number of amidine groups is 1. The molecule has 0 amide bonds. The van der Waals surface area contributed by atoms with E-state index in [4.69, 9.17) is 4.74 Å². The summed E-state index contributed by atoms with van der Waals surface area (Å²) in [6, 6.07) is 0.602. The van der Waals surface area contributed by atoms with Crippen LogP contribution in [0.1, 0.15) is 0 Å². The van der Waals surface area contributed by atoms with Crippen LogP contribution in [0.2, 0.25) is 0 Å². The Morgan fingerprint density at radius 3 is 3.30 bits per heavy atom. The molecule has 0 aliphatic carbocycles. The molecule has 0 aromatic carbocycles. The van der Waals surface area contributed by atoms with Crippen LogP contribution in [0.25, 0.3) is 0 Å². The van der Waals surface area contributed by atoms with Gasteiger partial charge in [-0.05, 0) is 12.2 Å². The Hall–Kier alpha value is -1.51. The van der Waals surface area contributed by atoms with E-state index in [9.17, 15) is 0 Å². The zero-order valence-corrected chi connectivity index (χ0v) is 5.27. The molecule has 0 aromatic heterocycles. The minimum absolute atomic E-state index is 0.602. The van der Waals surface area contributed by atoms with E-state index in [1.165, 1.54) is 0 Å². The summed E-state index contributed by atoms with van der Waals surface area (Å²) in [5.41, 5.74) is 0. The van der Waals surface area contributed by atoms with E-state index < -0.39 is 0 Å². The molecule has 0 radical (unpaired) electrons. The second-order valence-corrected chi connectivity index (χ2v) is 1.90. The van der Waals surface area contributed by atoms with Gasteiger partial charge < -0.3 is 4.74 Å². The fourth-order valence-corrected chi connectivity index (χ4v) is 0.791. The Morgan fingerprint density at radius 1 is 1.30 bits per heavy atom. The van der Waals surface area contributed by atoms with Crippen molar-refractivity contribution < 1.29 is 4.74 Å².